The summed E-state index contributed by atoms with van der Waals surface area (Å²) in [6, 6.07) is 9.77. The van der Waals surface area contributed by atoms with Gasteiger partial charge in [-0.3, -0.25) is 9.78 Å². The average Bonchev–Trinajstić information content (AvgIpc) is 2.92. The maximum Gasteiger partial charge on any atom is 0.241 e. The molecular formula is C14H15N3O. The molecule has 2 heterocycles. The number of amides is 1. The Bertz CT molecular complexity index is 576. The number of nitrogens with one attached hydrogen (secondary N) is 2. The van der Waals surface area contributed by atoms with E-state index >= 15 is 0 Å². The van der Waals surface area contributed by atoms with Crippen LogP contribution in [0.15, 0.2) is 36.5 Å². The van der Waals surface area contributed by atoms with E-state index in [4.69, 9.17) is 0 Å². The maximum absolute atomic E-state index is 11.9. The van der Waals surface area contributed by atoms with Crippen LogP contribution in [0, 0.1) is 0 Å². The Morgan fingerprint density at radius 2 is 2.28 bits per heavy atom. The first kappa shape index (κ1) is 11.2. The lowest BCUT2D eigenvalue weighted by Crippen LogP contribution is -2.35. The molecule has 1 fully saturated rings. The van der Waals surface area contributed by atoms with Crippen LogP contribution in [0.25, 0.3) is 10.9 Å². The highest BCUT2D eigenvalue weighted by molar-refractivity contribution is 5.96. The second-order valence-corrected chi connectivity index (χ2v) is 4.55. The predicted octanol–water partition coefficient (Wildman–Crippen LogP) is 1.93. The summed E-state index contributed by atoms with van der Waals surface area (Å²) in [5.74, 6) is 0.0320. The van der Waals surface area contributed by atoms with Gasteiger partial charge in [-0.05, 0) is 31.5 Å². The number of carbonyl (C=O) groups is 1. The van der Waals surface area contributed by atoms with Crippen molar-refractivity contribution in [3.63, 3.8) is 0 Å². The average molecular weight is 241 g/mol. The zero-order valence-electron chi connectivity index (χ0n) is 10.0. The second kappa shape index (κ2) is 4.74. The van der Waals surface area contributed by atoms with E-state index in [1.165, 1.54) is 0 Å². The molecule has 2 N–H and O–H groups in total. The standard InChI is InChI=1S/C14H15N3O/c18-14(13-6-3-7-15-13)17-11-8-10-4-1-2-5-12(10)16-9-11/h1-2,4-5,8-9,13,15H,3,6-7H2,(H,17,18)/t13-/m1/s1. The van der Waals surface area contributed by atoms with E-state index in [9.17, 15) is 4.79 Å². The number of fused-ring (bicyclic) bond motifs is 1. The Hall–Kier alpha value is -1.94. The highest BCUT2D eigenvalue weighted by Gasteiger charge is 2.21. The van der Waals surface area contributed by atoms with E-state index in [1.807, 2.05) is 30.3 Å². The third-order valence-corrected chi connectivity index (χ3v) is 3.23. The molecule has 2 aromatic rings. The molecule has 0 spiro atoms. The zero-order valence-corrected chi connectivity index (χ0v) is 10.0. The maximum atomic E-state index is 11.9. The molecular weight excluding hydrogens is 226 g/mol. The first-order valence-corrected chi connectivity index (χ1v) is 6.22. The van der Waals surface area contributed by atoms with Gasteiger partial charge in [-0.1, -0.05) is 18.2 Å². The summed E-state index contributed by atoms with van der Waals surface area (Å²) in [6.45, 7) is 0.925. The number of carbonyl (C=O) groups excluding carboxylic acids is 1. The summed E-state index contributed by atoms with van der Waals surface area (Å²) in [7, 11) is 0. The lowest BCUT2D eigenvalue weighted by atomic mass is 10.2. The molecule has 1 aliphatic rings. The molecule has 1 aliphatic heterocycles. The van der Waals surface area contributed by atoms with Crippen LogP contribution in [0.2, 0.25) is 0 Å². The highest BCUT2D eigenvalue weighted by Crippen LogP contribution is 2.17. The van der Waals surface area contributed by atoms with Gasteiger partial charge in [0.2, 0.25) is 5.91 Å². The minimum Gasteiger partial charge on any atom is -0.323 e. The van der Waals surface area contributed by atoms with E-state index in [-0.39, 0.29) is 11.9 Å². The largest absolute Gasteiger partial charge is 0.323 e. The molecule has 18 heavy (non-hydrogen) atoms. The molecule has 0 unspecified atom stereocenters. The van der Waals surface area contributed by atoms with Gasteiger partial charge in [-0.25, -0.2) is 0 Å². The fourth-order valence-electron chi connectivity index (χ4n) is 2.28. The Morgan fingerprint density at radius 3 is 3.11 bits per heavy atom. The fourth-order valence-corrected chi connectivity index (χ4v) is 2.28. The van der Waals surface area contributed by atoms with Gasteiger partial charge in [0.1, 0.15) is 0 Å². The van der Waals surface area contributed by atoms with Crippen LogP contribution in [0.3, 0.4) is 0 Å². The molecule has 0 saturated carbocycles. The van der Waals surface area contributed by atoms with Gasteiger partial charge in [0.15, 0.2) is 0 Å². The third kappa shape index (κ3) is 2.19. The van der Waals surface area contributed by atoms with E-state index < -0.39 is 0 Å². The summed E-state index contributed by atoms with van der Waals surface area (Å²) >= 11 is 0. The minimum atomic E-state index is -0.0588. The first-order valence-electron chi connectivity index (χ1n) is 6.22. The van der Waals surface area contributed by atoms with Crippen LogP contribution in [-0.4, -0.2) is 23.5 Å². The Morgan fingerprint density at radius 1 is 1.39 bits per heavy atom. The summed E-state index contributed by atoms with van der Waals surface area (Å²) < 4.78 is 0. The number of aromatic nitrogens is 1. The Balaban J connectivity index is 1.79. The van der Waals surface area contributed by atoms with Crippen molar-refractivity contribution in [2.45, 2.75) is 18.9 Å². The third-order valence-electron chi connectivity index (χ3n) is 3.23. The van der Waals surface area contributed by atoms with Crippen molar-refractivity contribution < 1.29 is 4.79 Å². The lowest BCUT2D eigenvalue weighted by Gasteiger charge is -2.11. The van der Waals surface area contributed by atoms with E-state index in [0.29, 0.717) is 0 Å². The van der Waals surface area contributed by atoms with Crippen LogP contribution in [0.5, 0.6) is 0 Å². The number of anilines is 1. The Labute approximate surface area is 105 Å². The number of benzene rings is 1. The number of hydrogen-bond donors (Lipinski definition) is 2. The van der Waals surface area contributed by atoms with Crippen molar-refractivity contribution in [2.75, 3.05) is 11.9 Å². The van der Waals surface area contributed by atoms with Crippen molar-refractivity contribution in [1.82, 2.24) is 10.3 Å². The molecule has 0 bridgehead atoms. The predicted molar refractivity (Wildman–Crippen MR) is 71.4 cm³/mol. The van der Waals surface area contributed by atoms with Crippen LogP contribution >= 0.6 is 0 Å². The molecule has 1 atom stereocenters. The zero-order chi connectivity index (χ0) is 12.4. The summed E-state index contributed by atoms with van der Waals surface area (Å²) in [6.07, 6.45) is 3.68. The summed E-state index contributed by atoms with van der Waals surface area (Å²) in [5.41, 5.74) is 1.70. The number of rotatable bonds is 2. The first-order chi connectivity index (χ1) is 8.83. The molecule has 4 nitrogen and oxygen atoms in total. The molecule has 0 radical (unpaired) electrons. The quantitative estimate of drug-likeness (QED) is 0.844. The van der Waals surface area contributed by atoms with Gasteiger partial charge in [-0.2, -0.15) is 0 Å². The van der Waals surface area contributed by atoms with Crippen molar-refractivity contribution in [2.24, 2.45) is 0 Å². The van der Waals surface area contributed by atoms with Crippen molar-refractivity contribution in [3.05, 3.63) is 36.5 Å². The summed E-state index contributed by atoms with van der Waals surface area (Å²) in [5, 5.41) is 7.13. The van der Waals surface area contributed by atoms with Crippen molar-refractivity contribution in [1.29, 1.82) is 0 Å². The molecule has 0 aliphatic carbocycles. The van der Waals surface area contributed by atoms with Crippen molar-refractivity contribution in [3.8, 4) is 0 Å². The van der Waals surface area contributed by atoms with Crippen LogP contribution in [0.1, 0.15) is 12.8 Å². The van der Waals surface area contributed by atoms with Gasteiger partial charge in [0.05, 0.1) is 23.4 Å². The van der Waals surface area contributed by atoms with E-state index in [0.717, 1.165) is 36.0 Å². The number of pyridine rings is 1. The van der Waals surface area contributed by atoms with Crippen LogP contribution in [-0.2, 0) is 4.79 Å². The fraction of sp³-hybridized carbons (Fsp3) is 0.286. The monoisotopic (exact) mass is 241 g/mol. The number of hydrogen-bond acceptors (Lipinski definition) is 3. The van der Waals surface area contributed by atoms with Crippen LogP contribution < -0.4 is 10.6 Å². The summed E-state index contributed by atoms with van der Waals surface area (Å²) in [4.78, 5) is 16.3. The van der Waals surface area contributed by atoms with Gasteiger partial charge < -0.3 is 10.6 Å². The van der Waals surface area contributed by atoms with E-state index in [2.05, 4.69) is 15.6 Å². The van der Waals surface area contributed by atoms with Gasteiger partial charge in [-0.15, -0.1) is 0 Å². The molecule has 1 aromatic heterocycles. The molecule has 1 saturated heterocycles. The minimum absolute atomic E-state index is 0.0320. The van der Waals surface area contributed by atoms with Crippen molar-refractivity contribution >= 4 is 22.5 Å². The smallest absolute Gasteiger partial charge is 0.241 e. The van der Waals surface area contributed by atoms with Gasteiger partial charge >= 0.3 is 0 Å². The molecule has 3 rings (SSSR count). The Kier molecular flexibility index (Phi) is 2.94. The molecule has 1 aromatic carbocycles. The highest BCUT2D eigenvalue weighted by atomic mass is 16.2. The molecule has 92 valence electrons. The lowest BCUT2D eigenvalue weighted by molar-refractivity contribution is -0.117. The molecule has 1 amide bonds. The van der Waals surface area contributed by atoms with Crippen LogP contribution in [0.4, 0.5) is 5.69 Å². The van der Waals surface area contributed by atoms with Gasteiger partial charge in [0.25, 0.3) is 0 Å². The normalized spacial score (nSPS) is 19.0. The van der Waals surface area contributed by atoms with E-state index in [1.54, 1.807) is 6.20 Å². The second-order valence-electron chi connectivity index (χ2n) is 4.55. The topological polar surface area (TPSA) is 54.0 Å². The number of nitrogens with zero attached hydrogens (tertiary/aromatic N) is 1. The van der Waals surface area contributed by atoms with Gasteiger partial charge in [0, 0.05) is 5.39 Å². The molecule has 4 heteroatoms. The SMILES string of the molecule is O=C(Nc1cnc2ccccc2c1)[C@H]1CCCN1. The number of para-hydroxylation sites is 1.